The van der Waals surface area contributed by atoms with Crippen molar-refractivity contribution in [2.75, 3.05) is 0 Å². The average molecular weight is 564 g/mol. The van der Waals surface area contributed by atoms with Gasteiger partial charge in [-0.05, 0) is 109 Å². The number of unbranched alkanes of at least 4 members (excludes halogenated alkanes) is 8. The molecule has 0 unspecified atom stereocenters. The van der Waals surface area contributed by atoms with Crippen molar-refractivity contribution in [2.45, 2.75) is 131 Å². The predicted octanol–water partition coefficient (Wildman–Crippen LogP) is 12.8. The maximum absolute atomic E-state index is 5.30. The molecule has 1 nitrogen and oxygen atoms in total. The van der Waals surface area contributed by atoms with Crippen molar-refractivity contribution in [2.24, 2.45) is 4.99 Å². The lowest BCUT2D eigenvalue weighted by atomic mass is 9.92. The number of hydrogen-bond acceptors (Lipinski definition) is 1. The largest absolute Gasteiger partial charge is 0.253 e. The van der Waals surface area contributed by atoms with Crippen LogP contribution in [0.1, 0.15) is 133 Å². The zero-order valence-corrected chi connectivity index (χ0v) is 27.7. The fourth-order valence-electron chi connectivity index (χ4n) is 6.09. The molecule has 3 rings (SSSR count). The van der Waals surface area contributed by atoms with Crippen molar-refractivity contribution in [1.82, 2.24) is 0 Å². The van der Waals surface area contributed by atoms with Crippen LogP contribution in [0.5, 0.6) is 0 Å². The van der Waals surface area contributed by atoms with Crippen molar-refractivity contribution in [3.05, 3.63) is 94.1 Å². The van der Waals surface area contributed by atoms with Gasteiger partial charge in [0.2, 0.25) is 0 Å². The van der Waals surface area contributed by atoms with Gasteiger partial charge in [-0.25, -0.2) is 0 Å². The van der Waals surface area contributed by atoms with Crippen LogP contribution >= 0.6 is 0 Å². The highest BCUT2D eigenvalue weighted by molar-refractivity contribution is 6.04. The van der Waals surface area contributed by atoms with Crippen molar-refractivity contribution >= 4 is 17.5 Å². The number of hydrogen-bond donors (Lipinski definition) is 0. The Morgan fingerprint density at radius 3 is 1.98 bits per heavy atom. The lowest BCUT2D eigenvalue weighted by Crippen LogP contribution is -2.00. The lowest BCUT2D eigenvalue weighted by molar-refractivity contribution is 0.606. The third-order valence-electron chi connectivity index (χ3n) is 8.73. The van der Waals surface area contributed by atoms with Crippen LogP contribution in [-0.2, 0) is 19.3 Å². The molecule has 3 aromatic rings. The monoisotopic (exact) mass is 563 g/mol. The summed E-state index contributed by atoms with van der Waals surface area (Å²) in [4.78, 5) is 5.30. The highest BCUT2D eigenvalue weighted by Crippen LogP contribution is 2.32. The van der Waals surface area contributed by atoms with Crippen LogP contribution in [0, 0.1) is 6.92 Å². The van der Waals surface area contributed by atoms with E-state index in [-0.39, 0.29) is 0 Å². The first-order chi connectivity index (χ1) is 20.5. The molecule has 1 heteroatoms. The molecule has 0 aliphatic heterocycles. The first-order valence-electron chi connectivity index (χ1n) is 17.1. The summed E-state index contributed by atoms with van der Waals surface area (Å²) in [5, 5.41) is 0. The molecule has 0 bridgehead atoms. The molecule has 0 saturated carbocycles. The molecule has 0 aliphatic rings. The SMILES string of the molecule is CCCCCCCCc1cc(C=C(C)C(CC)=Nc2cc(CCCCCC)c(C)c(-c3ccccc3)c2)ccc1CC. The Kier molecular flexibility index (Phi) is 14.8. The van der Waals surface area contributed by atoms with E-state index in [4.69, 9.17) is 4.99 Å². The molecule has 0 heterocycles. The molecular weight excluding hydrogens is 506 g/mol. The normalized spacial score (nSPS) is 12.2. The fourth-order valence-corrected chi connectivity index (χ4v) is 6.09. The molecule has 42 heavy (non-hydrogen) atoms. The van der Waals surface area contributed by atoms with E-state index in [0.29, 0.717) is 0 Å². The number of allylic oxidation sites excluding steroid dienone is 1. The average Bonchev–Trinajstić information content (AvgIpc) is 3.01. The topological polar surface area (TPSA) is 12.4 Å². The van der Waals surface area contributed by atoms with Gasteiger partial charge in [-0.2, -0.15) is 0 Å². The van der Waals surface area contributed by atoms with Gasteiger partial charge in [0.05, 0.1) is 5.69 Å². The van der Waals surface area contributed by atoms with Gasteiger partial charge in [0.15, 0.2) is 0 Å². The third-order valence-corrected chi connectivity index (χ3v) is 8.73. The van der Waals surface area contributed by atoms with Gasteiger partial charge in [-0.3, -0.25) is 4.99 Å². The number of aryl methyl sites for hydroxylation is 3. The third kappa shape index (κ3) is 10.4. The van der Waals surface area contributed by atoms with Crippen LogP contribution in [0.2, 0.25) is 0 Å². The molecule has 0 atom stereocenters. The van der Waals surface area contributed by atoms with Gasteiger partial charge >= 0.3 is 0 Å². The molecule has 0 saturated heterocycles. The van der Waals surface area contributed by atoms with Crippen molar-refractivity contribution in [3.63, 3.8) is 0 Å². The first-order valence-corrected chi connectivity index (χ1v) is 17.1. The maximum Gasteiger partial charge on any atom is 0.0642 e. The van der Waals surface area contributed by atoms with Crippen LogP contribution in [0.25, 0.3) is 17.2 Å². The first kappa shape index (κ1) is 33.6. The van der Waals surface area contributed by atoms with E-state index >= 15 is 0 Å². The second-order valence-electron chi connectivity index (χ2n) is 12.1. The lowest BCUT2D eigenvalue weighted by Gasteiger charge is -2.15. The van der Waals surface area contributed by atoms with Gasteiger partial charge in [0.25, 0.3) is 0 Å². The van der Waals surface area contributed by atoms with Crippen molar-refractivity contribution < 1.29 is 0 Å². The number of aliphatic imine (C=N–C) groups is 1. The zero-order valence-electron chi connectivity index (χ0n) is 27.7. The summed E-state index contributed by atoms with van der Waals surface area (Å²) in [7, 11) is 0. The molecule has 0 amide bonds. The highest BCUT2D eigenvalue weighted by Gasteiger charge is 2.11. The Bertz CT molecular complexity index is 1280. The van der Waals surface area contributed by atoms with Gasteiger partial charge in [-0.15, -0.1) is 0 Å². The second kappa shape index (κ2) is 18.6. The number of benzene rings is 3. The molecule has 0 spiro atoms. The predicted molar refractivity (Wildman–Crippen MR) is 188 cm³/mol. The van der Waals surface area contributed by atoms with E-state index in [0.717, 1.165) is 24.9 Å². The molecule has 0 aliphatic carbocycles. The number of nitrogens with zero attached hydrogens (tertiary/aromatic N) is 1. The van der Waals surface area contributed by atoms with Gasteiger partial charge in [-0.1, -0.05) is 134 Å². The molecule has 0 radical (unpaired) electrons. The Morgan fingerprint density at radius 2 is 1.31 bits per heavy atom. The molecule has 3 aromatic carbocycles. The minimum absolute atomic E-state index is 0.917. The number of rotatable bonds is 18. The molecule has 0 aromatic heterocycles. The van der Waals surface area contributed by atoms with E-state index in [1.165, 1.54) is 121 Å². The zero-order chi connectivity index (χ0) is 30.2. The summed E-state index contributed by atoms with van der Waals surface area (Å²) in [5.41, 5.74) is 13.3. The Morgan fingerprint density at radius 1 is 0.667 bits per heavy atom. The fraction of sp³-hybridized carbons (Fsp3) is 0.488. The minimum Gasteiger partial charge on any atom is -0.253 e. The second-order valence-corrected chi connectivity index (χ2v) is 12.1. The van der Waals surface area contributed by atoms with E-state index in [1.807, 2.05) is 0 Å². The maximum atomic E-state index is 5.30. The van der Waals surface area contributed by atoms with E-state index in [2.05, 4.69) is 108 Å². The smallest absolute Gasteiger partial charge is 0.0642 e. The summed E-state index contributed by atoms with van der Waals surface area (Å²) in [6.45, 7) is 13.6. The molecular formula is C41H57N. The quantitative estimate of drug-likeness (QED) is 0.108. The Labute approximate surface area is 258 Å². The van der Waals surface area contributed by atoms with Crippen LogP contribution in [-0.4, -0.2) is 5.71 Å². The summed E-state index contributed by atoms with van der Waals surface area (Å²) >= 11 is 0. The van der Waals surface area contributed by atoms with Gasteiger partial charge < -0.3 is 0 Å². The summed E-state index contributed by atoms with van der Waals surface area (Å²) in [5.74, 6) is 0. The molecule has 226 valence electrons. The van der Waals surface area contributed by atoms with Gasteiger partial charge in [0, 0.05) is 5.71 Å². The molecule has 0 N–H and O–H groups in total. The molecule has 0 fully saturated rings. The van der Waals surface area contributed by atoms with E-state index in [1.54, 1.807) is 0 Å². The van der Waals surface area contributed by atoms with Crippen LogP contribution in [0.4, 0.5) is 5.69 Å². The van der Waals surface area contributed by atoms with E-state index < -0.39 is 0 Å². The summed E-state index contributed by atoms with van der Waals surface area (Å²) in [6.07, 6.45) is 19.9. The van der Waals surface area contributed by atoms with Gasteiger partial charge in [0.1, 0.15) is 0 Å². The standard InChI is InChI=1S/C41H57N/c1-7-11-13-15-16-19-25-38-29-34(26-27-35(38)9-3)28-32(5)41(10-4)42-39-30-37(24-18-14-12-8-2)33(6)40(31-39)36-22-20-17-21-23-36/h17,20-23,26-31H,7-16,18-19,24-25H2,1-6H3. The summed E-state index contributed by atoms with van der Waals surface area (Å²) < 4.78 is 0. The van der Waals surface area contributed by atoms with Crippen LogP contribution in [0.3, 0.4) is 0 Å². The van der Waals surface area contributed by atoms with Crippen LogP contribution in [0.15, 0.2) is 71.2 Å². The van der Waals surface area contributed by atoms with Crippen molar-refractivity contribution in [3.8, 4) is 11.1 Å². The highest BCUT2D eigenvalue weighted by atomic mass is 14.7. The van der Waals surface area contributed by atoms with Crippen molar-refractivity contribution in [1.29, 1.82) is 0 Å². The van der Waals surface area contributed by atoms with E-state index in [9.17, 15) is 0 Å². The summed E-state index contributed by atoms with van der Waals surface area (Å²) in [6, 6.07) is 22.6. The minimum atomic E-state index is 0.917. The van der Waals surface area contributed by atoms with Crippen LogP contribution < -0.4 is 0 Å². The Hall–Kier alpha value is -2.93. The Balaban J connectivity index is 1.88.